The van der Waals surface area contributed by atoms with Crippen LogP contribution in [0.15, 0.2) is 36.5 Å². The van der Waals surface area contributed by atoms with Crippen LogP contribution in [0.1, 0.15) is 0 Å². The second kappa shape index (κ2) is 9.68. The van der Waals surface area contributed by atoms with Gasteiger partial charge in [-0.15, -0.1) is 5.10 Å². The third-order valence-electron chi connectivity index (χ3n) is 5.97. The summed E-state index contributed by atoms with van der Waals surface area (Å²) in [6.45, 7) is 3.86. The summed E-state index contributed by atoms with van der Waals surface area (Å²) in [7, 11) is 3.16. The Morgan fingerprint density at radius 3 is 2.46 bits per heavy atom. The summed E-state index contributed by atoms with van der Waals surface area (Å²) in [5.74, 6) is 2.71. The first-order chi connectivity index (χ1) is 17.1. The fourth-order valence-corrected chi connectivity index (χ4v) is 4.13. The monoisotopic (exact) mass is 477 g/mol. The molecule has 182 valence electrons. The van der Waals surface area contributed by atoms with Crippen molar-refractivity contribution in [1.82, 2.24) is 34.6 Å². The molecule has 4 aromatic rings. The van der Waals surface area contributed by atoms with Gasteiger partial charge in [0.25, 0.3) is 0 Å². The van der Waals surface area contributed by atoms with Crippen LogP contribution in [-0.4, -0.2) is 93.3 Å². The van der Waals surface area contributed by atoms with Gasteiger partial charge in [-0.05, 0) is 18.2 Å². The van der Waals surface area contributed by atoms with Crippen molar-refractivity contribution in [3.8, 4) is 28.8 Å². The van der Waals surface area contributed by atoms with Crippen molar-refractivity contribution in [3.63, 3.8) is 0 Å². The summed E-state index contributed by atoms with van der Waals surface area (Å²) in [5, 5.41) is 14.6. The predicted molar refractivity (Wildman–Crippen MR) is 131 cm³/mol. The quantitative estimate of drug-likeness (QED) is 0.394. The van der Waals surface area contributed by atoms with Crippen molar-refractivity contribution < 1.29 is 14.6 Å². The molecule has 12 heteroatoms. The molecule has 0 bridgehead atoms. The SMILES string of the molecule is COc1cc2nc(N3CCN(CCO)CC3)nc(-n3nc(-c4ccccn4)nc3N)c2cc1OC. The number of nitrogen functional groups attached to an aromatic ring is 1. The van der Waals surface area contributed by atoms with Crippen molar-refractivity contribution in [2.45, 2.75) is 0 Å². The zero-order valence-electron chi connectivity index (χ0n) is 19.6. The van der Waals surface area contributed by atoms with Gasteiger partial charge in [-0.2, -0.15) is 14.6 Å². The number of benzene rings is 1. The van der Waals surface area contributed by atoms with Crippen molar-refractivity contribution in [1.29, 1.82) is 0 Å². The minimum atomic E-state index is 0.141. The van der Waals surface area contributed by atoms with Crippen LogP contribution in [-0.2, 0) is 0 Å². The lowest BCUT2D eigenvalue weighted by Crippen LogP contribution is -2.47. The first kappa shape index (κ1) is 22.7. The molecule has 1 aliphatic heterocycles. The molecule has 3 N–H and O–H groups in total. The standard InChI is InChI=1S/C23H27N9O3/c1-34-18-13-15-17(14-19(18)35-2)26-23(31-9-7-30(8-10-31)11-12-33)28-21(15)32-22(24)27-20(29-32)16-5-3-4-6-25-16/h3-6,13-14,33H,7-12H2,1-2H3,(H2,24,27,29). The van der Waals surface area contributed by atoms with Gasteiger partial charge in [0.05, 0.1) is 26.3 Å². The Balaban J connectivity index is 1.63. The normalized spacial score (nSPS) is 14.4. The van der Waals surface area contributed by atoms with E-state index in [-0.39, 0.29) is 12.6 Å². The van der Waals surface area contributed by atoms with E-state index in [1.807, 2.05) is 30.3 Å². The summed E-state index contributed by atoms with van der Waals surface area (Å²) in [6, 6.07) is 9.15. The maximum atomic E-state index is 9.25. The number of hydrogen-bond acceptors (Lipinski definition) is 11. The highest BCUT2D eigenvalue weighted by atomic mass is 16.5. The second-order valence-corrected chi connectivity index (χ2v) is 8.04. The number of aliphatic hydroxyl groups excluding tert-OH is 1. The summed E-state index contributed by atoms with van der Waals surface area (Å²) >= 11 is 0. The lowest BCUT2D eigenvalue weighted by Gasteiger charge is -2.34. The van der Waals surface area contributed by atoms with Gasteiger partial charge in [0.1, 0.15) is 5.69 Å². The van der Waals surface area contributed by atoms with Crippen LogP contribution in [0.5, 0.6) is 11.5 Å². The summed E-state index contributed by atoms with van der Waals surface area (Å²) in [5.41, 5.74) is 7.58. The Morgan fingerprint density at radius 1 is 1.00 bits per heavy atom. The van der Waals surface area contributed by atoms with E-state index < -0.39 is 0 Å². The molecule has 0 radical (unpaired) electrons. The zero-order chi connectivity index (χ0) is 24.4. The first-order valence-electron chi connectivity index (χ1n) is 11.3. The van der Waals surface area contributed by atoms with E-state index in [1.165, 1.54) is 4.68 Å². The van der Waals surface area contributed by atoms with Gasteiger partial charge in [0, 0.05) is 50.4 Å². The molecule has 0 saturated carbocycles. The minimum absolute atomic E-state index is 0.141. The molecule has 5 rings (SSSR count). The van der Waals surface area contributed by atoms with Crippen LogP contribution in [0.4, 0.5) is 11.9 Å². The Morgan fingerprint density at radius 2 is 1.77 bits per heavy atom. The number of nitrogens with zero attached hydrogens (tertiary/aromatic N) is 8. The van der Waals surface area contributed by atoms with Crippen LogP contribution >= 0.6 is 0 Å². The van der Waals surface area contributed by atoms with Crippen molar-refractivity contribution in [2.75, 3.05) is 64.2 Å². The lowest BCUT2D eigenvalue weighted by atomic mass is 10.2. The summed E-state index contributed by atoms with van der Waals surface area (Å²) < 4.78 is 12.5. The number of aromatic nitrogens is 6. The fourth-order valence-electron chi connectivity index (χ4n) is 4.13. The fraction of sp³-hybridized carbons (Fsp3) is 0.348. The molecule has 0 atom stereocenters. The molecule has 4 heterocycles. The maximum Gasteiger partial charge on any atom is 0.228 e. The van der Waals surface area contributed by atoms with Gasteiger partial charge >= 0.3 is 0 Å². The Labute approximate surface area is 202 Å². The van der Waals surface area contributed by atoms with Crippen LogP contribution in [0, 0.1) is 0 Å². The van der Waals surface area contributed by atoms with Gasteiger partial charge in [-0.3, -0.25) is 9.88 Å². The average molecular weight is 478 g/mol. The van der Waals surface area contributed by atoms with E-state index >= 15 is 0 Å². The number of nitrogens with two attached hydrogens (primary N) is 1. The van der Waals surface area contributed by atoms with Gasteiger partial charge in [0.2, 0.25) is 17.7 Å². The zero-order valence-corrected chi connectivity index (χ0v) is 19.6. The molecular formula is C23H27N9O3. The van der Waals surface area contributed by atoms with Crippen molar-refractivity contribution >= 4 is 22.8 Å². The molecule has 0 amide bonds. The third-order valence-corrected chi connectivity index (χ3v) is 5.97. The lowest BCUT2D eigenvalue weighted by molar-refractivity contribution is 0.188. The highest BCUT2D eigenvalue weighted by Crippen LogP contribution is 2.35. The number of aliphatic hydroxyl groups is 1. The van der Waals surface area contributed by atoms with Crippen LogP contribution in [0.25, 0.3) is 28.2 Å². The highest BCUT2D eigenvalue weighted by Gasteiger charge is 2.23. The molecule has 0 unspecified atom stereocenters. The molecule has 12 nitrogen and oxygen atoms in total. The predicted octanol–water partition coefficient (Wildman–Crippen LogP) is 0.986. The van der Waals surface area contributed by atoms with Crippen LogP contribution in [0.2, 0.25) is 0 Å². The first-order valence-corrected chi connectivity index (χ1v) is 11.3. The molecular weight excluding hydrogens is 450 g/mol. The van der Waals surface area contributed by atoms with E-state index in [1.54, 1.807) is 20.4 Å². The number of ether oxygens (including phenoxy) is 2. The number of β-amino-alcohol motifs (C(OH)–C–C–N with tert-alkyl or cyclic N) is 1. The van der Waals surface area contributed by atoms with Gasteiger partial charge in [0.15, 0.2) is 17.3 Å². The molecule has 1 aliphatic rings. The molecule has 35 heavy (non-hydrogen) atoms. The molecule has 1 fully saturated rings. The number of fused-ring (bicyclic) bond motifs is 1. The number of methoxy groups -OCH3 is 2. The van der Waals surface area contributed by atoms with Crippen LogP contribution in [0.3, 0.4) is 0 Å². The van der Waals surface area contributed by atoms with E-state index in [0.29, 0.717) is 52.2 Å². The van der Waals surface area contributed by atoms with E-state index in [4.69, 9.17) is 25.2 Å². The highest BCUT2D eigenvalue weighted by molar-refractivity contribution is 5.90. The number of anilines is 2. The molecule has 1 saturated heterocycles. The Kier molecular flexibility index (Phi) is 6.29. The number of hydrogen-bond donors (Lipinski definition) is 2. The number of rotatable bonds is 7. The second-order valence-electron chi connectivity index (χ2n) is 8.04. The van der Waals surface area contributed by atoms with E-state index in [0.717, 1.165) is 26.2 Å². The Hall–Kier alpha value is -4.03. The number of pyridine rings is 1. The largest absolute Gasteiger partial charge is 0.493 e. The molecule has 0 spiro atoms. The molecule has 0 aliphatic carbocycles. The maximum absolute atomic E-state index is 9.25. The third kappa shape index (κ3) is 4.40. The summed E-state index contributed by atoms with van der Waals surface area (Å²) in [6.07, 6.45) is 1.68. The Bertz CT molecular complexity index is 1320. The average Bonchev–Trinajstić information content (AvgIpc) is 3.29. The molecule has 1 aromatic carbocycles. The summed E-state index contributed by atoms with van der Waals surface area (Å²) in [4.78, 5) is 22.8. The number of piperazine rings is 1. The smallest absolute Gasteiger partial charge is 0.228 e. The van der Waals surface area contributed by atoms with E-state index in [2.05, 4.69) is 24.9 Å². The van der Waals surface area contributed by atoms with Gasteiger partial charge in [-0.25, -0.2) is 4.98 Å². The molecule has 3 aromatic heterocycles. The topological polar surface area (TPSA) is 141 Å². The van der Waals surface area contributed by atoms with Gasteiger partial charge in [-0.1, -0.05) is 6.07 Å². The minimum Gasteiger partial charge on any atom is -0.493 e. The van der Waals surface area contributed by atoms with Crippen LogP contribution < -0.4 is 20.1 Å². The van der Waals surface area contributed by atoms with Gasteiger partial charge < -0.3 is 25.2 Å². The van der Waals surface area contributed by atoms with E-state index in [9.17, 15) is 5.11 Å². The van der Waals surface area contributed by atoms with Crippen molar-refractivity contribution in [3.05, 3.63) is 36.5 Å². The van der Waals surface area contributed by atoms with Crippen molar-refractivity contribution in [2.24, 2.45) is 0 Å².